The monoisotopic (exact) mass is 499 g/mol. The lowest BCUT2D eigenvalue weighted by atomic mass is 10.0. The molecule has 1 amide bonds. The molecule has 4 aromatic rings. The number of aromatic nitrogens is 2. The Labute approximate surface area is 212 Å². The molecule has 0 atom stereocenters. The molecule has 3 aromatic carbocycles. The van der Waals surface area contributed by atoms with Crippen molar-refractivity contribution >= 4 is 40.0 Å². The van der Waals surface area contributed by atoms with E-state index in [2.05, 4.69) is 5.32 Å². The summed E-state index contributed by atoms with van der Waals surface area (Å²) in [4.78, 5) is 43.0. The lowest BCUT2D eigenvalue weighted by molar-refractivity contribution is -0.116. The van der Waals surface area contributed by atoms with Crippen LogP contribution in [0.25, 0.3) is 10.9 Å². The first-order chi connectivity index (χ1) is 17.5. The minimum Gasteiger partial charge on any atom is -0.497 e. The lowest BCUT2D eigenvalue weighted by Gasteiger charge is -2.14. The Balaban J connectivity index is 1.42. The number of nitrogens with zero attached hydrogens (tertiary/aromatic N) is 2. The number of rotatable bonds is 7. The van der Waals surface area contributed by atoms with E-state index in [0.717, 1.165) is 35.4 Å². The average Bonchev–Trinajstić information content (AvgIpc) is 3.09. The number of hydrogen-bond donors (Lipinski definition) is 1. The number of nitrogens with one attached hydrogen (secondary N) is 1. The number of benzene rings is 3. The van der Waals surface area contributed by atoms with Crippen LogP contribution in [0.1, 0.15) is 34.3 Å². The van der Waals surface area contributed by atoms with Gasteiger partial charge < -0.3 is 10.1 Å². The molecular weight excluding hydrogens is 474 g/mol. The minimum atomic E-state index is -0.146. The van der Waals surface area contributed by atoms with Crippen LogP contribution in [0, 0.1) is 0 Å². The number of carbonyl (C=O) groups is 2. The maximum Gasteiger partial charge on any atom is 0.262 e. The lowest BCUT2D eigenvalue weighted by Crippen LogP contribution is -2.24. The molecule has 1 N–H and O–H groups in total. The van der Waals surface area contributed by atoms with Crippen LogP contribution in [0.2, 0.25) is 0 Å². The van der Waals surface area contributed by atoms with Crippen molar-refractivity contribution in [1.29, 1.82) is 0 Å². The van der Waals surface area contributed by atoms with Crippen molar-refractivity contribution in [2.45, 2.75) is 31.0 Å². The zero-order valence-electron chi connectivity index (χ0n) is 19.8. The summed E-state index contributed by atoms with van der Waals surface area (Å²) in [5, 5.41) is 3.92. The third-order valence-corrected chi connectivity index (χ3v) is 7.19. The summed E-state index contributed by atoms with van der Waals surface area (Å²) < 4.78 is 6.85. The summed E-state index contributed by atoms with van der Waals surface area (Å²) in [6, 6.07) is 20.2. The van der Waals surface area contributed by atoms with Gasteiger partial charge >= 0.3 is 0 Å². The Morgan fingerprint density at radius 2 is 1.86 bits per heavy atom. The number of para-hydroxylation sites is 1. The first-order valence-electron chi connectivity index (χ1n) is 11.7. The molecule has 0 radical (unpaired) electrons. The Bertz CT molecular complexity index is 1510. The molecule has 0 unspecified atom stereocenters. The first kappa shape index (κ1) is 23.8. The summed E-state index contributed by atoms with van der Waals surface area (Å²) >= 11 is 1.26. The van der Waals surface area contributed by atoms with Gasteiger partial charge in [-0.15, -0.1) is 0 Å². The van der Waals surface area contributed by atoms with Crippen molar-refractivity contribution in [3.63, 3.8) is 0 Å². The summed E-state index contributed by atoms with van der Waals surface area (Å²) in [6.07, 6.45) is 1.98. The van der Waals surface area contributed by atoms with Crippen LogP contribution in [0.4, 0.5) is 5.69 Å². The number of Topliss-reactive ketones (excluding diaryl/α,β-unsaturated/α-hetero) is 1. The zero-order chi connectivity index (χ0) is 25.1. The molecule has 0 saturated heterocycles. The number of fused-ring (bicyclic) bond motifs is 2. The molecule has 2 heterocycles. The van der Waals surface area contributed by atoms with Crippen LogP contribution in [0.5, 0.6) is 5.75 Å². The number of amides is 1. The summed E-state index contributed by atoms with van der Waals surface area (Å²) in [5.41, 5.74) is 3.71. The quantitative estimate of drug-likeness (QED) is 0.225. The summed E-state index contributed by atoms with van der Waals surface area (Å²) in [5.74, 6) is 0.819. The number of carbonyl (C=O) groups excluding carboxylic acids is 2. The van der Waals surface area contributed by atoms with Gasteiger partial charge in [0.2, 0.25) is 5.91 Å². The van der Waals surface area contributed by atoms with E-state index in [0.29, 0.717) is 34.6 Å². The minimum absolute atomic E-state index is 0.000548. The summed E-state index contributed by atoms with van der Waals surface area (Å²) in [7, 11) is 1.61. The van der Waals surface area contributed by atoms with E-state index >= 15 is 0 Å². The highest BCUT2D eigenvalue weighted by Gasteiger charge is 2.17. The average molecular weight is 500 g/mol. The van der Waals surface area contributed by atoms with Gasteiger partial charge in [-0.3, -0.25) is 19.0 Å². The van der Waals surface area contributed by atoms with Crippen LogP contribution < -0.4 is 15.6 Å². The largest absolute Gasteiger partial charge is 0.497 e. The molecule has 182 valence electrons. The number of methoxy groups -OCH3 is 1. The molecule has 0 spiro atoms. The molecule has 1 aliphatic heterocycles. The molecule has 1 aromatic heterocycles. The second kappa shape index (κ2) is 10.4. The number of hydrogen-bond acceptors (Lipinski definition) is 6. The van der Waals surface area contributed by atoms with E-state index in [1.165, 1.54) is 11.8 Å². The number of anilines is 1. The first-order valence-corrected chi connectivity index (χ1v) is 12.7. The molecule has 8 heteroatoms. The second-order valence-electron chi connectivity index (χ2n) is 8.64. The maximum atomic E-state index is 13.4. The fourth-order valence-corrected chi connectivity index (χ4v) is 5.17. The number of aryl methyl sites for hydroxylation is 1. The van der Waals surface area contributed by atoms with Crippen molar-refractivity contribution in [2.75, 3.05) is 18.2 Å². The second-order valence-corrected chi connectivity index (χ2v) is 9.58. The normalized spacial score (nSPS) is 13.1. The molecular formula is C28H25N3O4S. The highest BCUT2D eigenvalue weighted by molar-refractivity contribution is 7.99. The van der Waals surface area contributed by atoms with Gasteiger partial charge in [0.25, 0.3) is 5.56 Å². The highest BCUT2D eigenvalue weighted by Crippen LogP contribution is 2.25. The predicted octanol–water partition coefficient (Wildman–Crippen LogP) is 4.70. The Morgan fingerprint density at radius 1 is 1.06 bits per heavy atom. The van der Waals surface area contributed by atoms with E-state index in [1.807, 2.05) is 42.5 Å². The Morgan fingerprint density at radius 3 is 2.67 bits per heavy atom. The van der Waals surface area contributed by atoms with Gasteiger partial charge in [-0.2, -0.15) is 0 Å². The van der Waals surface area contributed by atoms with Crippen LogP contribution in [0.15, 0.2) is 76.7 Å². The SMILES string of the molecule is COc1ccc(Cn2c(SCC(=O)c3ccc4c(c3)CCCC(=O)N4)nc3ccccc3c2=O)cc1. The van der Waals surface area contributed by atoms with Crippen molar-refractivity contribution in [1.82, 2.24) is 9.55 Å². The predicted molar refractivity (Wildman–Crippen MR) is 141 cm³/mol. The third-order valence-electron chi connectivity index (χ3n) is 6.21. The molecule has 0 bridgehead atoms. The third kappa shape index (κ3) is 5.04. The van der Waals surface area contributed by atoms with Gasteiger partial charge in [0.15, 0.2) is 10.9 Å². The molecule has 0 fully saturated rings. The van der Waals surface area contributed by atoms with Crippen molar-refractivity contribution in [3.05, 3.63) is 93.8 Å². The van der Waals surface area contributed by atoms with E-state index in [9.17, 15) is 14.4 Å². The van der Waals surface area contributed by atoms with Gasteiger partial charge in [0.1, 0.15) is 5.75 Å². The molecule has 0 aliphatic carbocycles. The Hall–Kier alpha value is -3.91. The van der Waals surface area contributed by atoms with E-state index in [4.69, 9.17) is 9.72 Å². The zero-order valence-corrected chi connectivity index (χ0v) is 20.6. The Kier molecular flexibility index (Phi) is 6.86. The van der Waals surface area contributed by atoms with Crippen LogP contribution >= 0.6 is 11.8 Å². The van der Waals surface area contributed by atoms with E-state index < -0.39 is 0 Å². The maximum absolute atomic E-state index is 13.4. The van der Waals surface area contributed by atoms with Crippen molar-refractivity contribution in [2.24, 2.45) is 0 Å². The standard InChI is InChI=1S/C28H25N3O4S/c1-35-21-12-9-18(10-13-21)16-31-27(34)22-6-2-3-7-24(22)30-28(31)36-17-25(32)20-11-14-23-19(15-20)5-4-8-26(33)29-23/h2-3,6-7,9-15H,4-5,8,16-17H2,1H3,(H,29,33). The topological polar surface area (TPSA) is 90.3 Å². The number of ether oxygens (including phenoxy) is 1. The van der Waals surface area contributed by atoms with Crippen LogP contribution in [-0.4, -0.2) is 34.1 Å². The van der Waals surface area contributed by atoms with Crippen molar-refractivity contribution < 1.29 is 14.3 Å². The van der Waals surface area contributed by atoms with E-state index in [-0.39, 0.29) is 23.0 Å². The fourth-order valence-electron chi connectivity index (χ4n) is 4.27. The van der Waals surface area contributed by atoms with Crippen LogP contribution in [-0.2, 0) is 17.8 Å². The van der Waals surface area contributed by atoms with Crippen LogP contribution in [0.3, 0.4) is 0 Å². The van der Waals surface area contributed by atoms with Gasteiger partial charge in [-0.25, -0.2) is 4.98 Å². The van der Waals surface area contributed by atoms with Gasteiger partial charge in [-0.1, -0.05) is 36.0 Å². The van der Waals surface area contributed by atoms with Gasteiger partial charge in [0, 0.05) is 17.7 Å². The molecule has 0 saturated carbocycles. The molecule has 7 nitrogen and oxygen atoms in total. The van der Waals surface area contributed by atoms with E-state index in [1.54, 1.807) is 35.9 Å². The van der Waals surface area contributed by atoms with Gasteiger partial charge in [-0.05, 0) is 66.4 Å². The number of ketones is 1. The smallest absolute Gasteiger partial charge is 0.262 e. The fraction of sp³-hybridized carbons (Fsp3) is 0.214. The number of thioether (sulfide) groups is 1. The molecule has 36 heavy (non-hydrogen) atoms. The van der Waals surface area contributed by atoms with Crippen molar-refractivity contribution in [3.8, 4) is 5.75 Å². The van der Waals surface area contributed by atoms with Gasteiger partial charge in [0.05, 0.1) is 30.3 Å². The molecule has 1 aliphatic rings. The molecule has 5 rings (SSSR count). The highest BCUT2D eigenvalue weighted by atomic mass is 32.2. The summed E-state index contributed by atoms with van der Waals surface area (Å²) in [6.45, 7) is 0.329.